The lowest BCUT2D eigenvalue weighted by Crippen LogP contribution is -2.06. The highest BCUT2D eigenvalue weighted by molar-refractivity contribution is 5.85. The Hall–Kier alpha value is -0.250. The van der Waals surface area contributed by atoms with E-state index in [1.54, 1.807) is 0 Å². The van der Waals surface area contributed by atoms with E-state index in [1.165, 1.54) is 0 Å². The zero-order chi connectivity index (χ0) is 8.27. The number of hydrogen-bond donors (Lipinski definition) is 1. The molecule has 0 aliphatic rings. The molecular formula is C8H17Cl2N3. The van der Waals surface area contributed by atoms with E-state index in [0.717, 1.165) is 12.2 Å². The van der Waals surface area contributed by atoms with Crippen LogP contribution in [-0.4, -0.2) is 9.78 Å². The molecule has 0 aliphatic carbocycles. The molecule has 0 spiro atoms. The third-order valence-electron chi connectivity index (χ3n) is 1.46. The highest BCUT2D eigenvalue weighted by Crippen LogP contribution is 1.99. The van der Waals surface area contributed by atoms with Crippen LogP contribution in [-0.2, 0) is 13.1 Å². The molecule has 0 bridgehead atoms. The third-order valence-corrected chi connectivity index (χ3v) is 1.46. The van der Waals surface area contributed by atoms with Crippen LogP contribution in [0.4, 0.5) is 0 Å². The highest BCUT2D eigenvalue weighted by atomic mass is 35.5. The van der Waals surface area contributed by atoms with Crippen molar-refractivity contribution in [3.63, 3.8) is 0 Å². The van der Waals surface area contributed by atoms with E-state index in [9.17, 15) is 0 Å². The zero-order valence-electron chi connectivity index (χ0n) is 7.93. The minimum Gasteiger partial charge on any atom is -0.325 e. The van der Waals surface area contributed by atoms with E-state index in [4.69, 9.17) is 5.73 Å². The Labute approximate surface area is 91.5 Å². The molecule has 1 heterocycles. The van der Waals surface area contributed by atoms with Crippen LogP contribution in [0.15, 0.2) is 12.3 Å². The lowest BCUT2D eigenvalue weighted by molar-refractivity contribution is 0.480. The normalized spacial score (nSPS) is 9.23. The Balaban J connectivity index is 0. The van der Waals surface area contributed by atoms with Gasteiger partial charge in [0.1, 0.15) is 0 Å². The molecule has 1 rings (SSSR count). The number of rotatable bonds is 3. The fraction of sp³-hybridized carbons (Fsp3) is 0.625. The van der Waals surface area contributed by atoms with Crippen LogP contribution in [0.5, 0.6) is 0 Å². The van der Waals surface area contributed by atoms with Crippen molar-refractivity contribution < 1.29 is 0 Å². The summed E-state index contributed by atoms with van der Waals surface area (Å²) in [6.45, 7) is 5.85. The monoisotopic (exact) mass is 225 g/mol. The molecular weight excluding hydrogens is 209 g/mol. The Morgan fingerprint density at radius 2 is 2.08 bits per heavy atom. The Kier molecular flexibility index (Phi) is 8.42. The first-order chi connectivity index (χ1) is 5.22. The van der Waals surface area contributed by atoms with E-state index in [1.807, 2.05) is 16.9 Å². The summed E-state index contributed by atoms with van der Waals surface area (Å²) in [5.74, 6) is 0.639. The van der Waals surface area contributed by atoms with Crippen molar-refractivity contribution in [1.29, 1.82) is 0 Å². The molecule has 78 valence electrons. The van der Waals surface area contributed by atoms with Crippen LogP contribution in [0.2, 0.25) is 0 Å². The lowest BCUT2D eigenvalue weighted by atomic mass is 10.2. The summed E-state index contributed by atoms with van der Waals surface area (Å²) in [5, 5.41) is 4.26. The Morgan fingerprint density at radius 3 is 2.46 bits per heavy atom. The van der Waals surface area contributed by atoms with Gasteiger partial charge in [-0.15, -0.1) is 24.8 Å². The maximum atomic E-state index is 5.42. The predicted octanol–water partition coefficient (Wildman–Crippen LogP) is 1.84. The Morgan fingerprint density at radius 1 is 1.46 bits per heavy atom. The smallest absolute Gasteiger partial charge is 0.0760 e. The summed E-state index contributed by atoms with van der Waals surface area (Å²) in [6.07, 6.45) is 1.97. The molecule has 0 aliphatic heterocycles. The van der Waals surface area contributed by atoms with Crippen LogP contribution in [0, 0.1) is 5.92 Å². The van der Waals surface area contributed by atoms with Gasteiger partial charge in [-0.3, -0.25) is 4.68 Å². The molecule has 0 atom stereocenters. The lowest BCUT2D eigenvalue weighted by Gasteiger charge is -2.03. The van der Waals surface area contributed by atoms with E-state index < -0.39 is 0 Å². The van der Waals surface area contributed by atoms with Gasteiger partial charge in [-0.25, -0.2) is 0 Å². The molecule has 0 fully saturated rings. The van der Waals surface area contributed by atoms with E-state index >= 15 is 0 Å². The molecule has 0 radical (unpaired) electrons. The van der Waals surface area contributed by atoms with Crippen LogP contribution in [0.25, 0.3) is 0 Å². The van der Waals surface area contributed by atoms with Crippen molar-refractivity contribution in [1.82, 2.24) is 9.78 Å². The highest BCUT2D eigenvalue weighted by Gasteiger charge is 1.98. The fourth-order valence-electron chi connectivity index (χ4n) is 0.988. The van der Waals surface area contributed by atoms with Gasteiger partial charge in [0.25, 0.3) is 0 Å². The molecule has 2 N–H and O–H groups in total. The molecule has 13 heavy (non-hydrogen) atoms. The van der Waals surface area contributed by atoms with Crippen molar-refractivity contribution >= 4 is 24.8 Å². The Bertz CT molecular complexity index is 223. The number of hydrogen-bond acceptors (Lipinski definition) is 2. The molecule has 5 heteroatoms. The van der Waals surface area contributed by atoms with E-state index in [0.29, 0.717) is 12.5 Å². The van der Waals surface area contributed by atoms with Gasteiger partial charge in [-0.05, 0) is 12.0 Å². The third kappa shape index (κ3) is 5.13. The molecule has 1 aromatic heterocycles. The quantitative estimate of drug-likeness (QED) is 0.854. The zero-order valence-corrected chi connectivity index (χ0v) is 9.57. The largest absolute Gasteiger partial charge is 0.325 e. The minimum absolute atomic E-state index is 0. The van der Waals surface area contributed by atoms with Gasteiger partial charge in [-0.2, -0.15) is 5.10 Å². The first kappa shape index (κ1) is 15.2. The topological polar surface area (TPSA) is 43.8 Å². The number of nitrogens with zero attached hydrogens (tertiary/aromatic N) is 2. The first-order valence-corrected chi connectivity index (χ1v) is 3.94. The predicted molar refractivity (Wildman–Crippen MR) is 59.5 cm³/mol. The second-order valence-corrected chi connectivity index (χ2v) is 3.13. The molecule has 0 saturated carbocycles. The fourth-order valence-corrected chi connectivity index (χ4v) is 0.988. The van der Waals surface area contributed by atoms with Gasteiger partial charge in [0, 0.05) is 19.3 Å². The summed E-state index contributed by atoms with van der Waals surface area (Å²) in [7, 11) is 0. The standard InChI is InChI=1S/C8H15N3.2ClH/c1-7(2)6-11-4-3-8(5-9)10-11;;/h3-4,7H,5-6,9H2,1-2H3;2*1H. The second kappa shape index (κ2) is 7.18. The molecule has 0 aromatic carbocycles. The molecule has 1 aromatic rings. The average molecular weight is 226 g/mol. The summed E-state index contributed by atoms with van der Waals surface area (Å²) in [4.78, 5) is 0. The molecule has 0 amide bonds. The summed E-state index contributed by atoms with van der Waals surface area (Å²) in [6, 6.07) is 1.96. The van der Waals surface area contributed by atoms with Crippen molar-refractivity contribution in [3.8, 4) is 0 Å². The van der Waals surface area contributed by atoms with Gasteiger partial charge in [-0.1, -0.05) is 13.8 Å². The van der Waals surface area contributed by atoms with Gasteiger partial charge in [0.05, 0.1) is 5.69 Å². The van der Waals surface area contributed by atoms with E-state index in [-0.39, 0.29) is 24.8 Å². The first-order valence-electron chi connectivity index (χ1n) is 3.94. The maximum Gasteiger partial charge on any atom is 0.0760 e. The molecule has 0 unspecified atom stereocenters. The van der Waals surface area contributed by atoms with E-state index in [2.05, 4.69) is 18.9 Å². The van der Waals surface area contributed by atoms with Crippen LogP contribution < -0.4 is 5.73 Å². The summed E-state index contributed by atoms with van der Waals surface area (Å²) in [5.41, 5.74) is 6.38. The number of halogens is 2. The number of nitrogens with two attached hydrogens (primary N) is 1. The van der Waals surface area contributed by atoms with Gasteiger partial charge in [0.15, 0.2) is 0 Å². The second-order valence-electron chi connectivity index (χ2n) is 3.13. The van der Waals surface area contributed by atoms with Gasteiger partial charge in [0.2, 0.25) is 0 Å². The van der Waals surface area contributed by atoms with Crippen LogP contribution >= 0.6 is 24.8 Å². The minimum atomic E-state index is 0. The SMILES string of the molecule is CC(C)Cn1ccc(CN)n1.Cl.Cl. The molecule has 0 saturated heterocycles. The van der Waals surface area contributed by atoms with Gasteiger partial charge >= 0.3 is 0 Å². The van der Waals surface area contributed by atoms with Crippen molar-refractivity contribution in [2.75, 3.05) is 0 Å². The maximum absolute atomic E-state index is 5.42. The molecule has 3 nitrogen and oxygen atoms in total. The van der Waals surface area contributed by atoms with Crippen LogP contribution in [0.3, 0.4) is 0 Å². The van der Waals surface area contributed by atoms with Crippen molar-refractivity contribution in [2.45, 2.75) is 26.9 Å². The van der Waals surface area contributed by atoms with Crippen molar-refractivity contribution in [2.24, 2.45) is 11.7 Å². The summed E-state index contributed by atoms with van der Waals surface area (Å²) < 4.78 is 1.94. The number of aromatic nitrogens is 2. The summed E-state index contributed by atoms with van der Waals surface area (Å²) >= 11 is 0. The average Bonchev–Trinajstić information content (AvgIpc) is 2.34. The van der Waals surface area contributed by atoms with Gasteiger partial charge < -0.3 is 5.73 Å². The van der Waals surface area contributed by atoms with Crippen molar-refractivity contribution in [3.05, 3.63) is 18.0 Å². The van der Waals surface area contributed by atoms with Crippen LogP contribution in [0.1, 0.15) is 19.5 Å².